The van der Waals surface area contributed by atoms with Crippen molar-refractivity contribution in [3.05, 3.63) is 48.1 Å². The van der Waals surface area contributed by atoms with Crippen LogP contribution >= 0.6 is 11.3 Å². The molecule has 0 unspecified atom stereocenters. The van der Waals surface area contributed by atoms with Crippen molar-refractivity contribution in [1.29, 1.82) is 0 Å². The molecule has 0 saturated carbocycles. The highest BCUT2D eigenvalue weighted by Crippen LogP contribution is 2.31. The Labute approximate surface area is 187 Å². The first-order chi connectivity index (χ1) is 15.2. The summed E-state index contributed by atoms with van der Waals surface area (Å²) in [6.45, 7) is 8.74. The molecular weight excluding hydrogens is 410 g/mol. The number of ether oxygens (including phenoxy) is 2. The third-order valence-corrected chi connectivity index (χ3v) is 6.01. The van der Waals surface area contributed by atoms with Crippen LogP contribution in [0.5, 0.6) is 11.5 Å². The molecule has 7 nitrogen and oxygen atoms in total. The Morgan fingerprint density at radius 3 is 2.65 bits per heavy atom. The summed E-state index contributed by atoms with van der Waals surface area (Å²) >= 11 is 1.55. The second-order valence-corrected chi connectivity index (χ2v) is 8.34. The Kier molecular flexibility index (Phi) is 7.35. The van der Waals surface area contributed by atoms with Crippen LogP contribution < -0.4 is 14.8 Å². The fraction of sp³-hybridized carbons (Fsp3) is 0.391. The number of hydrogen-bond acceptors (Lipinski definition) is 8. The average molecular weight is 440 g/mol. The minimum Gasteiger partial charge on any atom is -0.492 e. The van der Waals surface area contributed by atoms with Gasteiger partial charge in [-0.3, -0.25) is 9.88 Å². The SMILES string of the molecule is CCOc1ccncc1Nc1nc(-c2ccc(OCCN3CCN(C)CC3)cc2)cs1. The summed E-state index contributed by atoms with van der Waals surface area (Å²) in [6, 6.07) is 9.99. The average Bonchev–Trinajstić information content (AvgIpc) is 3.26. The Morgan fingerprint density at radius 2 is 1.87 bits per heavy atom. The number of likely N-dealkylation sites (N-methyl/N-ethyl adjacent to an activating group) is 1. The molecule has 8 heteroatoms. The van der Waals surface area contributed by atoms with Gasteiger partial charge in [0.15, 0.2) is 5.13 Å². The number of pyridine rings is 1. The summed E-state index contributed by atoms with van der Waals surface area (Å²) in [5.74, 6) is 1.66. The Hall–Kier alpha value is -2.68. The van der Waals surface area contributed by atoms with Crippen LogP contribution in [0.4, 0.5) is 10.8 Å². The number of hydrogen-bond donors (Lipinski definition) is 1. The normalized spacial score (nSPS) is 15.0. The first-order valence-corrected chi connectivity index (χ1v) is 11.5. The van der Waals surface area contributed by atoms with Crippen molar-refractivity contribution in [2.75, 3.05) is 58.3 Å². The highest BCUT2D eigenvalue weighted by Gasteiger charge is 2.13. The van der Waals surface area contributed by atoms with Crippen molar-refractivity contribution in [1.82, 2.24) is 19.8 Å². The topological polar surface area (TPSA) is 62.8 Å². The van der Waals surface area contributed by atoms with E-state index in [1.807, 2.05) is 30.5 Å². The lowest BCUT2D eigenvalue weighted by atomic mass is 10.2. The maximum atomic E-state index is 5.94. The molecule has 1 fully saturated rings. The Bertz CT molecular complexity index is 955. The summed E-state index contributed by atoms with van der Waals surface area (Å²) < 4.78 is 11.6. The highest BCUT2D eigenvalue weighted by atomic mass is 32.1. The Morgan fingerprint density at radius 1 is 1.06 bits per heavy atom. The standard InChI is InChI=1S/C23H29N5O2S/c1-3-29-22-8-9-24-16-20(22)25-23-26-21(17-31-23)18-4-6-19(7-5-18)30-15-14-28-12-10-27(2)11-13-28/h4-9,16-17H,3,10-15H2,1-2H3,(H,25,26). The van der Waals surface area contributed by atoms with Gasteiger partial charge in [-0.05, 0) is 38.2 Å². The number of piperazine rings is 1. The van der Waals surface area contributed by atoms with Crippen LogP contribution in [0, 0.1) is 0 Å². The van der Waals surface area contributed by atoms with Crippen LogP contribution in [0.25, 0.3) is 11.3 Å². The maximum absolute atomic E-state index is 5.94. The molecule has 0 aliphatic carbocycles. The number of rotatable bonds is 9. The highest BCUT2D eigenvalue weighted by molar-refractivity contribution is 7.14. The lowest BCUT2D eigenvalue weighted by molar-refractivity contribution is 0.134. The van der Waals surface area contributed by atoms with Crippen molar-refractivity contribution in [3.8, 4) is 22.8 Å². The van der Waals surface area contributed by atoms with E-state index in [4.69, 9.17) is 14.5 Å². The van der Waals surface area contributed by atoms with Crippen molar-refractivity contribution in [3.63, 3.8) is 0 Å². The van der Waals surface area contributed by atoms with E-state index >= 15 is 0 Å². The van der Waals surface area contributed by atoms with E-state index in [0.29, 0.717) is 13.2 Å². The van der Waals surface area contributed by atoms with E-state index in [2.05, 4.69) is 39.3 Å². The van der Waals surface area contributed by atoms with Gasteiger partial charge in [0.2, 0.25) is 0 Å². The fourth-order valence-corrected chi connectivity index (χ4v) is 4.15. The minimum absolute atomic E-state index is 0.603. The Balaban J connectivity index is 1.31. The van der Waals surface area contributed by atoms with E-state index in [0.717, 1.165) is 66.3 Å². The van der Waals surface area contributed by atoms with Gasteiger partial charge in [-0.25, -0.2) is 4.98 Å². The predicted molar refractivity (Wildman–Crippen MR) is 126 cm³/mol. The van der Waals surface area contributed by atoms with E-state index in [9.17, 15) is 0 Å². The van der Waals surface area contributed by atoms with Gasteiger partial charge in [0.05, 0.1) is 18.5 Å². The molecule has 3 heterocycles. The summed E-state index contributed by atoms with van der Waals surface area (Å²) in [5, 5.41) is 6.15. The molecule has 1 aliphatic heterocycles. The monoisotopic (exact) mass is 439 g/mol. The van der Waals surface area contributed by atoms with Crippen LogP contribution in [0.3, 0.4) is 0 Å². The molecule has 0 amide bonds. The number of nitrogens with zero attached hydrogens (tertiary/aromatic N) is 4. The van der Waals surface area contributed by atoms with Crippen molar-refractivity contribution >= 4 is 22.2 Å². The van der Waals surface area contributed by atoms with Crippen LogP contribution in [-0.2, 0) is 0 Å². The molecule has 31 heavy (non-hydrogen) atoms. The lowest BCUT2D eigenvalue weighted by Gasteiger charge is -2.32. The minimum atomic E-state index is 0.603. The van der Waals surface area contributed by atoms with Crippen molar-refractivity contribution < 1.29 is 9.47 Å². The number of thiazole rings is 1. The second kappa shape index (κ2) is 10.6. The number of anilines is 2. The third-order valence-electron chi connectivity index (χ3n) is 5.25. The van der Waals surface area contributed by atoms with Crippen molar-refractivity contribution in [2.24, 2.45) is 0 Å². The molecule has 0 spiro atoms. The zero-order valence-electron chi connectivity index (χ0n) is 18.1. The lowest BCUT2D eigenvalue weighted by Crippen LogP contribution is -2.45. The van der Waals surface area contributed by atoms with E-state index in [1.54, 1.807) is 23.7 Å². The summed E-state index contributed by atoms with van der Waals surface area (Å²) in [4.78, 5) is 13.7. The second-order valence-electron chi connectivity index (χ2n) is 7.49. The van der Waals surface area contributed by atoms with E-state index in [1.165, 1.54) is 0 Å². The first-order valence-electron chi connectivity index (χ1n) is 10.6. The molecule has 1 saturated heterocycles. The molecule has 1 N–H and O–H groups in total. The number of aromatic nitrogens is 2. The van der Waals surface area contributed by atoms with Gasteiger partial charge in [-0.2, -0.15) is 0 Å². The van der Waals surface area contributed by atoms with Crippen molar-refractivity contribution in [2.45, 2.75) is 6.92 Å². The molecule has 3 aromatic rings. The quantitative estimate of drug-likeness (QED) is 0.541. The summed E-state index contributed by atoms with van der Waals surface area (Å²) in [6.07, 6.45) is 3.47. The number of nitrogens with one attached hydrogen (secondary N) is 1. The van der Waals surface area contributed by atoms with Gasteiger partial charge in [0.1, 0.15) is 23.8 Å². The van der Waals surface area contributed by atoms with Crippen LogP contribution in [-0.4, -0.2) is 72.8 Å². The molecular formula is C23H29N5O2S. The van der Waals surface area contributed by atoms with E-state index < -0.39 is 0 Å². The summed E-state index contributed by atoms with van der Waals surface area (Å²) in [5.41, 5.74) is 2.81. The largest absolute Gasteiger partial charge is 0.492 e. The maximum Gasteiger partial charge on any atom is 0.187 e. The smallest absolute Gasteiger partial charge is 0.187 e. The van der Waals surface area contributed by atoms with Crippen LogP contribution in [0.2, 0.25) is 0 Å². The zero-order valence-corrected chi connectivity index (χ0v) is 18.9. The molecule has 0 radical (unpaired) electrons. The van der Waals surface area contributed by atoms with Gasteiger partial charge in [-0.1, -0.05) is 0 Å². The molecule has 1 aromatic carbocycles. The molecule has 2 aromatic heterocycles. The van der Waals surface area contributed by atoms with Gasteiger partial charge >= 0.3 is 0 Å². The third kappa shape index (κ3) is 5.94. The summed E-state index contributed by atoms with van der Waals surface area (Å²) in [7, 11) is 2.17. The van der Waals surface area contributed by atoms with E-state index in [-0.39, 0.29) is 0 Å². The molecule has 0 atom stereocenters. The zero-order chi connectivity index (χ0) is 21.5. The molecule has 0 bridgehead atoms. The molecule has 1 aliphatic rings. The number of benzene rings is 1. The van der Waals surface area contributed by atoms with Gasteiger partial charge in [-0.15, -0.1) is 11.3 Å². The predicted octanol–water partition coefficient (Wildman–Crippen LogP) is 3.97. The van der Waals surface area contributed by atoms with Crippen LogP contribution in [0.15, 0.2) is 48.1 Å². The van der Waals surface area contributed by atoms with Gasteiger partial charge in [0.25, 0.3) is 0 Å². The molecule has 4 rings (SSSR count). The van der Waals surface area contributed by atoms with Gasteiger partial charge < -0.3 is 19.7 Å². The molecule has 164 valence electrons. The fourth-order valence-electron chi connectivity index (χ4n) is 3.42. The first kappa shape index (κ1) is 21.5. The van der Waals surface area contributed by atoms with Gasteiger partial charge in [0, 0.05) is 55.9 Å². The van der Waals surface area contributed by atoms with Crippen LogP contribution in [0.1, 0.15) is 6.92 Å².